The molecule has 0 aliphatic carbocycles. The Morgan fingerprint density at radius 1 is 1.09 bits per heavy atom. The molecule has 0 aliphatic heterocycles. The molecule has 0 bridgehead atoms. The Bertz CT molecular complexity index is 1050. The van der Waals surface area contributed by atoms with Crippen LogP contribution < -0.4 is 20.9 Å². The molecule has 3 N–H and O–H groups in total. The maximum absolute atomic E-state index is 12.5. The standard InChI is InChI=1S/C25H28N4O3S/c1-5-9-22(26-18(4)20-10-7-6-8-11-20)24(31)27-25(33)29-28-23(30)16-32-21-14-12-19(13-15-21)17(2)3/h5-15,17H,1,16H2,2-4H3,(H,28,30)(H2,27,29,31,33)/b22-9-,26-18+. The van der Waals surface area contributed by atoms with Gasteiger partial charge in [0.05, 0.1) is 0 Å². The van der Waals surface area contributed by atoms with E-state index in [2.05, 4.69) is 41.6 Å². The topological polar surface area (TPSA) is 91.8 Å². The van der Waals surface area contributed by atoms with E-state index in [1.807, 2.05) is 54.6 Å². The SMILES string of the molecule is C=C/C=C(\N=C(/C)c1ccccc1)C(=O)NC(=S)NNC(=O)COc1ccc(C(C)C)cc1. The van der Waals surface area contributed by atoms with Gasteiger partial charge in [0.1, 0.15) is 11.4 Å². The lowest BCUT2D eigenvalue weighted by Gasteiger charge is -2.12. The summed E-state index contributed by atoms with van der Waals surface area (Å²) in [6.45, 7) is 9.40. The van der Waals surface area contributed by atoms with Crippen LogP contribution in [0.1, 0.15) is 37.8 Å². The Balaban J connectivity index is 1.84. The van der Waals surface area contributed by atoms with Gasteiger partial charge >= 0.3 is 0 Å². The van der Waals surface area contributed by atoms with Crippen molar-refractivity contribution in [2.45, 2.75) is 26.7 Å². The van der Waals surface area contributed by atoms with Crippen LogP contribution in [0.15, 0.2) is 84.0 Å². The van der Waals surface area contributed by atoms with Gasteiger partial charge in [-0.05, 0) is 54.4 Å². The Kier molecular flexibility index (Phi) is 9.98. The third-order valence-corrected chi connectivity index (χ3v) is 4.65. The zero-order chi connectivity index (χ0) is 24.2. The third-order valence-electron chi connectivity index (χ3n) is 4.45. The summed E-state index contributed by atoms with van der Waals surface area (Å²) in [7, 11) is 0. The summed E-state index contributed by atoms with van der Waals surface area (Å²) in [4.78, 5) is 28.9. The minimum Gasteiger partial charge on any atom is -0.484 e. The summed E-state index contributed by atoms with van der Waals surface area (Å²) in [5.41, 5.74) is 7.70. The molecule has 0 radical (unpaired) electrons. The van der Waals surface area contributed by atoms with Crippen LogP contribution in [0.4, 0.5) is 0 Å². The molecule has 2 aromatic rings. The van der Waals surface area contributed by atoms with Gasteiger partial charge in [0.2, 0.25) is 0 Å². The van der Waals surface area contributed by atoms with Crippen molar-refractivity contribution in [2.75, 3.05) is 6.61 Å². The summed E-state index contributed by atoms with van der Waals surface area (Å²) in [6.07, 6.45) is 2.93. The third kappa shape index (κ3) is 8.70. The van der Waals surface area contributed by atoms with E-state index in [-0.39, 0.29) is 17.4 Å². The summed E-state index contributed by atoms with van der Waals surface area (Å²) in [5.74, 6) is -0.00778. The number of allylic oxidation sites excluding steroid dienone is 2. The summed E-state index contributed by atoms with van der Waals surface area (Å²) < 4.78 is 5.45. The van der Waals surface area contributed by atoms with Gasteiger partial charge in [0.15, 0.2) is 11.7 Å². The van der Waals surface area contributed by atoms with E-state index in [1.165, 1.54) is 17.7 Å². The zero-order valence-electron chi connectivity index (χ0n) is 18.9. The molecule has 2 aromatic carbocycles. The van der Waals surface area contributed by atoms with Crippen LogP contribution in [-0.2, 0) is 9.59 Å². The average Bonchev–Trinajstić information content (AvgIpc) is 2.81. The molecule has 0 atom stereocenters. The van der Waals surface area contributed by atoms with Crippen molar-refractivity contribution in [1.82, 2.24) is 16.2 Å². The van der Waals surface area contributed by atoms with E-state index < -0.39 is 11.8 Å². The molecule has 172 valence electrons. The fourth-order valence-corrected chi connectivity index (χ4v) is 2.80. The number of carbonyl (C=O) groups excluding carboxylic acids is 2. The molecule has 33 heavy (non-hydrogen) atoms. The highest BCUT2D eigenvalue weighted by molar-refractivity contribution is 7.80. The zero-order valence-corrected chi connectivity index (χ0v) is 19.7. The Morgan fingerprint density at radius 2 is 1.76 bits per heavy atom. The molecule has 0 saturated heterocycles. The molecule has 0 unspecified atom stereocenters. The van der Waals surface area contributed by atoms with E-state index in [4.69, 9.17) is 17.0 Å². The number of benzene rings is 2. The van der Waals surface area contributed by atoms with Crippen molar-refractivity contribution >= 4 is 34.9 Å². The molecule has 0 spiro atoms. The number of thiocarbonyl (C=S) groups is 1. The van der Waals surface area contributed by atoms with Gasteiger partial charge in [-0.15, -0.1) is 0 Å². The van der Waals surface area contributed by atoms with Crippen LogP contribution in [0.25, 0.3) is 0 Å². The normalized spacial score (nSPS) is 11.5. The predicted molar refractivity (Wildman–Crippen MR) is 135 cm³/mol. The van der Waals surface area contributed by atoms with E-state index in [1.54, 1.807) is 6.92 Å². The largest absolute Gasteiger partial charge is 0.484 e. The average molecular weight is 465 g/mol. The van der Waals surface area contributed by atoms with Crippen LogP contribution in [0.3, 0.4) is 0 Å². The minimum atomic E-state index is -0.543. The molecule has 0 aliphatic rings. The van der Waals surface area contributed by atoms with E-state index >= 15 is 0 Å². The maximum atomic E-state index is 12.5. The summed E-state index contributed by atoms with van der Waals surface area (Å²) in [5, 5.41) is 2.38. The number of hydrazine groups is 1. The first-order chi connectivity index (χ1) is 15.8. The Labute approximate surface area is 199 Å². The molecular weight excluding hydrogens is 436 g/mol. The van der Waals surface area contributed by atoms with Crippen molar-refractivity contribution in [2.24, 2.45) is 4.99 Å². The van der Waals surface area contributed by atoms with E-state index in [0.717, 1.165) is 5.56 Å². The molecule has 2 rings (SSSR count). The summed E-state index contributed by atoms with van der Waals surface area (Å²) in [6, 6.07) is 17.0. The van der Waals surface area contributed by atoms with Crippen molar-refractivity contribution in [1.29, 1.82) is 0 Å². The van der Waals surface area contributed by atoms with Crippen molar-refractivity contribution in [3.05, 3.63) is 90.2 Å². The van der Waals surface area contributed by atoms with E-state index in [0.29, 0.717) is 17.4 Å². The Morgan fingerprint density at radius 3 is 2.36 bits per heavy atom. The number of aliphatic imine (C=N–C) groups is 1. The number of rotatable bonds is 8. The number of hydrogen-bond donors (Lipinski definition) is 3. The molecule has 0 aromatic heterocycles. The Hall–Kier alpha value is -3.78. The smallest absolute Gasteiger partial charge is 0.276 e. The maximum Gasteiger partial charge on any atom is 0.276 e. The lowest BCUT2D eigenvalue weighted by molar-refractivity contribution is -0.123. The molecular formula is C25H28N4O3S. The highest BCUT2D eigenvalue weighted by Crippen LogP contribution is 2.18. The number of amides is 2. The van der Waals surface area contributed by atoms with Crippen LogP contribution in [0, 0.1) is 0 Å². The molecule has 0 fully saturated rings. The molecule has 2 amide bonds. The van der Waals surface area contributed by atoms with Crippen LogP contribution in [0.5, 0.6) is 5.75 Å². The molecule has 7 nitrogen and oxygen atoms in total. The second-order valence-corrected chi connectivity index (χ2v) is 7.73. The molecule has 0 saturated carbocycles. The quantitative estimate of drug-likeness (QED) is 0.182. The lowest BCUT2D eigenvalue weighted by atomic mass is 10.0. The summed E-state index contributed by atoms with van der Waals surface area (Å²) >= 11 is 5.08. The highest BCUT2D eigenvalue weighted by atomic mass is 32.1. The highest BCUT2D eigenvalue weighted by Gasteiger charge is 2.12. The van der Waals surface area contributed by atoms with Crippen molar-refractivity contribution in [3.63, 3.8) is 0 Å². The van der Waals surface area contributed by atoms with Crippen molar-refractivity contribution in [3.8, 4) is 5.75 Å². The van der Waals surface area contributed by atoms with Crippen LogP contribution in [-0.4, -0.2) is 29.2 Å². The second kappa shape index (κ2) is 12.9. The number of hydrogen-bond acceptors (Lipinski definition) is 5. The number of nitrogens with zero attached hydrogens (tertiary/aromatic N) is 1. The van der Waals surface area contributed by atoms with Crippen LogP contribution in [0.2, 0.25) is 0 Å². The molecule has 0 heterocycles. The second-order valence-electron chi connectivity index (χ2n) is 7.32. The first-order valence-corrected chi connectivity index (χ1v) is 10.8. The van der Waals surface area contributed by atoms with Crippen molar-refractivity contribution < 1.29 is 14.3 Å². The van der Waals surface area contributed by atoms with Gasteiger partial charge in [0.25, 0.3) is 11.8 Å². The number of carbonyl (C=O) groups is 2. The van der Waals surface area contributed by atoms with Gasteiger partial charge < -0.3 is 4.74 Å². The minimum absolute atomic E-state index is 0.0860. The first-order valence-electron chi connectivity index (χ1n) is 10.4. The van der Waals surface area contributed by atoms with Crippen LogP contribution >= 0.6 is 12.2 Å². The lowest BCUT2D eigenvalue weighted by Crippen LogP contribution is -2.49. The number of nitrogens with one attached hydrogen (secondary N) is 3. The van der Waals surface area contributed by atoms with Gasteiger partial charge in [-0.2, -0.15) is 0 Å². The monoisotopic (exact) mass is 464 g/mol. The van der Waals surface area contributed by atoms with E-state index in [9.17, 15) is 9.59 Å². The fraction of sp³-hybridized carbons (Fsp3) is 0.200. The molecule has 8 heteroatoms. The number of ether oxygens (including phenoxy) is 1. The van der Waals surface area contributed by atoms with Gasteiger partial charge in [-0.3, -0.25) is 25.8 Å². The fourth-order valence-electron chi connectivity index (χ4n) is 2.66. The van der Waals surface area contributed by atoms with Gasteiger partial charge in [0, 0.05) is 5.71 Å². The van der Waals surface area contributed by atoms with Gasteiger partial charge in [-0.25, -0.2) is 4.99 Å². The predicted octanol–water partition coefficient (Wildman–Crippen LogP) is 3.79. The van der Waals surface area contributed by atoms with Gasteiger partial charge in [-0.1, -0.05) is 69.0 Å². The first kappa shape index (κ1) is 25.5.